The van der Waals surface area contributed by atoms with E-state index in [1.165, 1.54) is 0 Å². The second kappa shape index (κ2) is 11.7. The highest BCUT2D eigenvalue weighted by molar-refractivity contribution is 5.92. The van der Waals surface area contributed by atoms with Gasteiger partial charge in [0.2, 0.25) is 17.6 Å². The van der Waals surface area contributed by atoms with Gasteiger partial charge in [0, 0.05) is 37.8 Å². The van der Waals surface area contributed by atoms with Crippen molar-refractivity contribution in [2.24, 2.45) is 0 Å². The van der Waals surface area contributed by atoms with Crippen molar-refractivity contribution in [3.05, 3.63) is 66.1 Å². The average Bonchev–Trinajstić information content (AvgIpc) is 3.39. The van der Waals surface area contributed by atoms with E-state index in [1.807, 2.05) is 73.4 Å². The number of benzene rings is 2. The van der Waals surface area contributed by atoms with Gasteiger partial charge in [-0.25, -0.2) is 0 Å². The Hall–Kier alpha value is -3.65. The summed E-state index contributed by atoms with van der Waals surface area (Å²) < 4.78 is 16.8. The maximum atomic E-state index is 12.8. The summed E-state index contributed by atoms with van der Waals surface area (Å²) in [5.41, 5.74) is 1.82. The first-order valence-electron chi connectivity index (χ1n) is 12.1. The van der Waals surface area contributed by atoms with E-state index in [1.54, 1.807) is 6.08 Å². The lowest BCUT2D eigenvalue weighted by atomic mass is 10.1. The van der Waals surface area contributed by atoms with Crippen molar-refractivity contribution in [1.29, 1.82) is 0 Å². The van der Waals surface area contributed by atoms with E-state index >= 15 is 0 Å². The predicted molar refractivity (Wildman–Crippen MR) is 134 cm³/mol. The number of carbonyl (C=O) groups is 1. The van der Waals surface area contributed by atoms with Gasteiger partial charge in [-0.15, -0.1) is 0 Å². The second-order valence-electron chi connectivity index (χ2n) is 8.27. The lowest BCUT2D eigenvalue weighted by Gasteiger charge is -2.36. The van der Waals surface area contributed by atoms with Gasteiger partial charge in [0.15, 0.2) is 11.5 Å². The lowest BCUT2D eigenvalue weighted by Crippen LogP contribution is -2.48. The van der Waals surface area contributed by atoms with Crippen LogP contribution in [0, 0.1) is 0 Å². The molecule has 1 amide bonds. The maximum Gasteiger partial charge on any atom is 0.246 e. The highest BCUT2D eigenvalue weighted by atomic mass is 16.5. The monoisotopic (exact) mass is 476 g/mol. The van der Waals surface area contributed by atoms with E-state index in [0.29, 0.717) is 49.5 Å². The third-order valence-corrected chi connectivity index (χ3v) is 5.99. The molecule has 0 radical (unpaired) electrons. The minimum Gasteiger partial charge on any atom is -0.490 e. The standard InChI is InChI=1S/C27H32N4O4/c1-4-33-23-13-11-21(19-24(23)34-5-2)12-14-25(32)31-17-15-30(16-18-31)20(3)27-28-26(29-35-27)22-9-7-6-8-10-22/h6-14,19-20H,4-5,15-18H2,1-3H3. The van der Waals surface area contributed by atoms with Crippen LogP contribution in [0.4, 0.5) is 0 Å². The van der Waals surface area contributed by atoms with Crippen LogP contribution in [0.15, 0.2) is 59.1 Å². The lowest BCUT2D eigenvalue weighted by molar-refractivity contribution is -0.128. The van der Waals surface area contributed by atoms with E-state index in [4.69, 9.17) is 14.0 Å². The van der Waals surface area contributed by atoms with E-state index in [9.17, 15) is 4.79 Å². The third kappa shape index (κ3) is 6.08. The molecule has 8 nitrogen and oxygen atoms in total. The molecule has 1 atom stereocenters. The van der Waals surface area contributed by atoms with Gasteiger partial charge < -0.3 is 18.9 Å². The molecule has 1 aromatic heterocycles. The van der Waals surface area contributed by atoms with Gasteiger partial charge in [0.25, 0.3) is 0 Å². The molecule has 8 heteroatoms. The van der Waals surface area contributed by atoms with Gasteiger partial charge in [-0.3, -0.25) is 9.69 Å². The summed E-state index contributed by atoms with van der Waals surface area (Å²) in [6.45, 7) is 9.80. The molecule has 2 aromatic carbocycles. The van der Waals surface area contributed by atoms with Gasteiger partial charge in [0.1, 0.15) is 0 Å². The summed E-state index contributed by atoms with van der Waals surface area (Å²) >= 11 is 0. The molecule has 1 fully saturated rings. The van der Waals surface area contributed by atoms with Crippen LogP contribution in [-0.4, -0.2) is 65.2 Å². The number of rotatable bonds is 9. The summed E-state index contributed by atoms with van der Waals surface area (Å²) in [6, 6.07) is 15.5. The van der Waals surface area contributed by atoms with Crippen molar-refractivity contribution < 1.29 is 18.8 Å². The van der Waals surface area contributed by atoms with Crippen LogP contribution in [0.5, 0.6) is 11.5 Å². The van der Waals surface area contributed by atoms with E-state index in [2.05, 4.69) is 22.0 Å². The van der Waals surface area contributed by atoms with Crippen LogP contribution in [-0.2, 0) is 4.79 Å². The largest absolute Gasteiger partial charge is 0.490 e. The summed E-state index contributed by atoms with van der Waals surface area (Å²) in [7, 11) is 0. The molecule has 35 heavy (non-hydrogen) atoms. The van der Waals surface area contributed by atoms with Crippen molar-refractivity contribution in [2.45, 2.75) is 26.8 Å². The summed E-state index contributed by atoms with van der Waals surface area (Å²) in [5.74, 6) is 2.56. The first kappa shape index (κ1) is 24.5. The number of aromatic nitrogens is 2. The molecule has 0 saturated carbocycles. The summed E-state index contributed by atoms with van der Waals surface area (Å²) in [4.78, 5) is 21.5. The van der Waals surface area contributed by atoms with Crippen LogP contribution in [0.2, 0.25) is 0 Å². The Labute approximate surface area is 206 Å². The van der Waals surface area contributed by atoms with Crippen molar-refractivity contribution >= 4 is 12.0 Å². The molecule has 0 spiro atoms. The number of amides is 1. The zero-order chi connectivity index (χ0) is 24.6. The molecular formula is C27H32N4O4. The van der Waals surface area contributed by atoms with Crippen LogP contribution in [0.3, 0.4) is 0 Å². The highest BCUT2D eigenvalue weighted by Gasteiger charge is 2.27. The van der Waals surface area contributed by atoms with Crippen molar-refractivity contribution in [3.8, 4) is 22.9 Å². The zero-order valence-electron chi connectivity index (χ0n) is 20.5. The fraction of sp³-hybridized carbons (Fsp3) is 0.370. The Morgan fingerprint density at radius 2 is 1.74 bits per heavy atom. The van der Waals surface area contributed by atoms with Gasteiger partial charge >= 0.3 is 0 Å². The van der Waals surface area contributed by atoms with Gasteiger partial charge in [-0.05, 0) is 44.5 Å². The number of ether oxygens (including phenoxy) is 2. The van der Waals surface area contributed by atoms with Crippen LogP contribution < -0.4 is 9.47 Å². The predicted octanol–water partition coefficient (Wildman–Crippen LogP) is 4.45. The normalized spacial score (nSPS) is 15.3. The molecule has 0 aliphatic carbocycles. The molecular weight excluding hydrogens is 444 g/mol. The first-order chi connectivity index (χ1) is 17.1. The number of hydrogen-bond donors (Lipinski definition) is 0. The van der Waals surface area contributed by atoms with Crippen LogP contribution in [0.1, 0.15) is 38.3 Å². The quantitative estimate of drug-likeness (QED) is 0.422. The van der Waals surface area contributed by atoms with Crippen molar-refractivity contribution in [1.82, 2.24) is 19.9 Å². The second-order valence-corrected chi connectivity index (χ2v) is 8.27. The van der Waals surface area contributed by atoms with Crippen molar-refractivity contribution in [3.63, 3.8) is 0 Å². The Morgan fingerprint density at radius 3 is 2.46 bits per heavy atom. The van der Waals surface area contributed by atoms with E-state index in [0.717, 1.165) is 24.2 Å². The number of piperazine rings is 1. The smallest absolute Gasteiger partial charge is 0.246 e. The third-order valence-electron chi connectivity index (χ3n) is 5.99. The van der Waals surface area contributed by atoms with Gasteiger partial charge in [-0.1, -0.05) is 41.6 Å². The number of carbonyl (C=O) groups excluding carboxylic acids is 1. The average molecular weight is 477 g/mol. The van der Waals surface area contributed by atoms with Crippen LogP contribution in [0.25, 0.3) is 17.5 Å². The molecule has 0 N–H and O–H groups in total. The Morgan fingerprint density at radius 1 is 1.03 bits per heavy atom. The minimum absolute atomic E-state index is 0.00620. The highest BCUT2D eigenvalue weighted by Crippen LogP contribution is 2.29. The molecule has 1 unspecified atom stereocenters. The number of hydrogen-bond acceptors (Lipinski definition) is 7. The van der Waals surface area contributed by atoms with E-state index in [-0.39, 0.29) is 11.9 Å². The molecule has 1 aliphatic heterocycles. The zero-order valence-corrected chi connectivity index (χ0v) is 20.5. The Bertz CT molecular complexity index is 1140. The SMILES string of the molecule is CCOc1ccc(C=CC(=O)N2CCN(C(C)c3nc(-c4ccccc4)no3)CC2)cc1OCC. The molecule has 4 rings (SSSR count). The molecule has 0 bridgehead atoms. The van der Waals surface area contributed by atoms with Gasteiger partial charge in [0.05, 0.1) is 19.3 Å². The van der Waals surface area contributed by atoms with Gasteiger partial charge in [-0.2, -0.15) is 4.98 Å². The maximum absolute atomic E-state index is 12.8. The summed E-state index contributed by atoms with van der Waals surface area (Å²) in [6.07, 6.45) is 3.44. The Balaban J connectivity index is 1.32. The molecule has 1 saturated heterocycles. The van der Waals surface area contributed by atoms with Crippen molar-refractivity contribution in [2.75, 3.05) is 39.4 Å². The molecule has 3 aromatic rings. The fourth-order valence-corrected chi connectivity index (χ4v) is 4.04. The molecule has 184 valence electrons. The molecule has 2 heterocycles. The van der Waals surface area contributed by atoms with Crippen LogP contribution >= 0.6 is 0 Å². The topological polar surface area (TPSA) is 80.9 Å². The first-order valence-corrected chi connectivity index (χ1v) is 12.1. The molecule has 1 aliphatic rings. The number of nitrogens with zero attached hydrogens (tertiary/aromatic N) is 4. The fourth-order valence-electron chi connectivity index (χ4n) is 4.04. The minimum atomic E-state index is -0.0198. The summed E-state index contributed by atoms with van der Waals surface area (Å²) in [5, 5.41) is 4.13. The Kier molecular flexibility index (Phi) is 8.15. The van der Waals surface area contributed by atoms with E-state index < -0.39 is 0 Å².